The van der Waals surface area contributed by atoms with E-state index in [4.69, 9.17) is 10.8 Å². The molecule has 0 heterocycles. The molecule has 0 aromatic carbocycles. The SMILES string of the molecule is COC(=O)C(NC(=O)CN)C(C)O. The number of hydrogen-bond donors (Lipinski definition) is 3. The Morgan fingerprint density at radius 1 is 1.62 bits per heavy atom. The van der Waals surface area contributed by atoms with Crippen LogP contribution in [0.5, 0.6) is 0 Å². The maximum atomic E-state index is 11.0. The Morgan fingerprint density at radius 2 is 2.15 bits per heavy atom. The number of hydrogen-bond acceptors (Lipinski definition) is 5. The van der Waals surface area contributed by atoms with Crippen LogP contribution in [0.3, 0.4) is 0 Å². The lowest BCUT2D eigenvalue weighted by Crippen LogP contribution is -2.49. The zero-order valence-electron chi connectivity index (χ0n) is 7.61. The molecular formula is C7H14N2O4. The normalized spacial score (nSPS) is 14.5. The number of carbonyl (C=O) groups is 2. The van der Waals surface area contributed by atoms with E-state index in [-0.39, 0.29) is 6.54 Å². The number of rotatable bonds is 4. The molecule has 6 nitrogen and oxygen atoms in total. The quantitative estimate of drug-likeness (QED) is 0.444. The molecule has 0 aromatic rings. The first-order chi connectivity index (χ1) is 6.02. The van der Waals surface area contributed by atoms with Gasteiger partial charge in [0.2, 0.25) is 5.91 Å². The van der Waals surface area contributed by atoms with E-state index in [9.17, 15) is 9.59 Å². The van der Waals surface area contributed by atoms with Crippen LogP contribution < -0.4 is 11.1 Å². The summed E-state index contributed by atoms with van der Waals surface area (Å²) < 4.78 is 4.36. The van der Waals surface area contributed by atoms with Gasteiger partial charge >= 0.3 is 5.97 Å². The average molecular weight is 190 g/mol. The smallest absolute Gasteiger partial charge is 0.331 e. The van der Waals surface area contributed by atoms with Gasteiger partial charge in [0.05, 0.1) is 19.8 Å². The van der Waals surface area contributed by atoms with Crippen LogP contribution in [0.1, 0.15) is 6.92 Å². The summed E-state index contributed by atoms with van der Waals surface area (Å²) in [5.41, 5.74) is 5.02. The van der Waals surface area contributed by atoms with Gasteiger partial charge in [-0.3, -0.25) is 4.79 Å². The van der Waals surface area contributed by atoms with Crippen LogP contribution in [0.15, 0.2) is 0 Å². The molecule has 2 unspecified atom stereocenters. The zero-order chi connectivity index (χ0) is 10.4. The third-order valence-electron chi connectivity index (χ3n) is 1.44. The highest BCUT2D eigenvalue weighted by Gasteiger charge is 2.25. The largest absolute Gasteiger partial charge is 0.467 e. The minimum atomic E-state index is -1.05. The fraction of sp³-hybridized carbons (Fsp3) is 0.714. The Morgan fingerprint density at radius 3 is 2.46 bits per heavy atom. The molecule has 76 valence electrons. The van der Waals surface area contributed by atoms with Gasteiger partial charge in [0.15, 0.2) is 6.04 Å². The Hall–Kier alpha value is -1.14. The van der Waals surface area contributed by atoms with E-state index in [1.54, 1.807) is 0 Å². The summed E-state index contributed by atoms with van der Waals surface area (Å²) in [6, 6.07) is -1.05. The standard InChI is InChI=1S/C7H14N2O4/c1-4(10)6(7(12)13-2)9-5(11)3-8/h4,6,10H,3,8H2,1-2H3,(H,9,11). The molecule has 2 atom stereocenters. The molecule has 1 amide bonds. The molecule has 0 aromatic heterocycles. The van der Waals surface area contributed by atoms with Gasteiger partial charge in [-0.05, 0) is 6.92 Å². The van der Waals surface area contributed by atoms with Gasteiger partial charge in [0.25, 0.3) is 0 Å². The monoisotopic (exact) mass is 190 g/mol. The Kier molecular flexibility index (Phi) is 5.01. The second kappa shape index (κ2) is 5.50. The molecule has 0 aliphatic rings. The van der Waals surface area contributed by atoms with E-state index >= 15 is 0 Å². The van der Waals surface area contributed by atoms with Crippen LogP contribution in [-0.2, 0) is 14.3 Å². The third-order valence-corrected chi connectivity index (χ3v) is 1.44. The van der Waals surface area contributed by atoms with Crippen molar-refractivity contribution in [3.05, 3.63) is 0 Å². The van der Waals surface area contributed by atoms with Crippen molar-refractivity contribution in [2.24, 2.45) is 5.73 Å². The summed E-state index contributed by atoms with van der Waals surface area (Å²) in [5, 5.41) is 11.3. The second-order valence-electron chi connectivity index (χ2n) is 2.51. The summed E-state index contributed by atoms with van der Waals surface area (Å²) in [6.07, 6.45) is -1.01. The van der Waals surface area contributed by atoms with E-state index in [1.165, 1.54) is 14.0 Å². The molecule has 0 radical (unpaired) electrons. The van der Waals surface area contributed by atoms with E-state index in [0.29, 0.717) is 0 Å². The van der Waals surface area contributed by atoms with Crippen molar-refractivity contribution in [3.8, 4) is 0 Å². The summed E-state index contributed by atoms with van der Waals surface area (Å²) in [5.74, 6) is -1.21. The van der Waals surface area contributed by atoms with Gasteiger partial charge in [0, 0.05) is 0 Å². The molecule has 13 heavy (non-hydrogen) atoms. The lowest BCUT2D eigenvalue weighted by molar-refractivity contribution is -0.147. The lowest BCUT2D eigenvalue weighted by Gasteiger charge is -2.18. The topological polar surface area (TPSA) is 102 Å². The summed E-state index contributed by atoms with van der Waals surface area (Å²) >= 11 is 0. The van der Waals surface area contributed by atoms with Crippen molar-refractivity contribution in [3.63, 3.8) is 0 Å². The predicted octanol–water partition coefficient (Wildman–Crippen LogP) is -2.02. The summed E-state index contributed by atoms with van der Waals surface area (Å²) in [7, 11) is 1.17. The van der Waals surface area contributed by atoms with Crippen molar-refractivity contribution >= 4 is 11.9 Å². The van der Waals surface area contributed by atoms with Crippen LogP contribution in [0, 0.1) is 0 Å². The summed E-state index contributed by atoms with van der Waals surface area (Å²) in [4.78, 5) is 21.8. The van der Waals surface area contributed by atoms with Crippen molar-refractivity contribution in [1.82, 2.24) is 5.32 Å². The molecule has 6 heteroatoms. The maximum Gasteiger partial charge on any atom is 0.331 e. The van der Waals surface area contributed by atoms with Gasteiger partial charge in [-0.2, -0.15) is 0 Å². The van der Waals surface area contributed by atoms with Crippen LogP contribution in [0.4, 0.5) is 0 Å². The molecule has 0 aliphatic carbocycles. The molecule has 4 N–H and O–H groups in total. The number of nitrogens with two attached hydrogens (primary N) is 1. The van der Waals surface area contributed by atoms with Crippen molar-refractivity contribution in [2.45, 2.75) is 19.1 Å². The number of nitrogens with one attached hydrogen (secondary N) is 1. The molecule has 0 saturated heterocycles. The van der Waals surface area contributed by atoms with Crippen molar-refractivity contribution < 1.29 is 19.4 Å². The molecular weight excluding hydrogens is 176 g/mol. The van der Waals surface area contributed by atoms with Crippen LogP contribution >= 0.6 is 0 Å². The lowest BCUT2D eigenvalue weighted by atomic mass is 10.2. The number of ether oxygens (including phenoxy) is 1. The highest BCUT2D eigenvalue weighted by atomic mass is 16.5. The van der Waals surface area contributed by atoms with E-state index in [0.717, 1.165) is 0 Å². The molecule has 0 rings (SSSR count). The van der Waals surface area contributed by atoms with Gasteiger partial charge in [-0.15, -0.1) is 0 Å². The van der Waals surface area contributed by atoms with Gasteiger partial charge in [-0.1, -0.05) is 0 Å². The van der Waals surface area contributed by atoms with Crippen LogP contribution in [0.2, 0.25) is 0 Å². The Bertz CT molecular complexity index is 193. The van der Waals surface area contributed by atoms with Gasteiger partial charge < -0.3 is 20.9 Å². The number of aliphatic hydroxyl groups excluding tert-OH is 1. The predicted molar refractivity (Wildman–Crippen MR) is 44.7 cm³/mol. The van der Waals surface area contributed by atoms with Crippen LogP contribution in [-0.4, -0.2) is 42.8 Å². The first kappa shape index (κ1) is 11.9. The fourth-order valence-corrected chi connectivity index (χ4v) is 0.736. The summed E-state index contributed by atoms with van der Waals surface area (Å²) in [6.45, 7) is 1.14. The number of amides is 1. The highest BCUT2D eigenvalue weighted by molar-refractivity contribution is 5.85. The second-order valence-corrected chi connectivity index (χ2v) is 2.51. The Balaban J connectivity index is 4.26. The van der Waals surface area contributed by atoms with Crippen molar-refractivity contribution in [2.75, 3.05) is 13.7 Å². The molecule has 0 spiro atoms. The van der Waals surface area contributed by atoms with Gasteiger partial charge in [0.1, 0.15) is 0 Å². The zero-order valence-corrected chi connectivity index (χ0v) is 7.61. The van der Waals surface area contributed by atoms with Gasteiger partial charge in [-0.25, -0.2) is 4.79 Å². The minimum Gasteiger partial charge on any atom is -0.467 e. The Labute approximate surface area is 76.0 Å². The first-order valence-electron chi connectivity index (χ1n) is 3.78. The average Bonchev–Trinajstić information content (AvgIpc) is 2.11. The molecule has 0 bridgehead atoms. The van der Waals surface area contributed by atoms with E-state index in [1.807, 2.05) is 0 Å². The molecule has 0 aliphatic heterocycles. The fourth-order valence-electron chi connectivity index (χ4n) is 0.736. The van der Waals surface area contributed by atoms with E-state index < -0.39 is 24.0 Å². The number of carbonyl (C=O) groups excluding carboxylic acids is 2. The number of aliphatic hydroxyl groups is 1. The van der Waals surface area contributed by atoms with E-state index in [2.05, 4.69) is 10.1 Å². The molecule has 0 saturated carbocycles. The highest BCUT2D eigenvalue weighted by Crippen LogP contribution is 1.95. The first-order valence-corrected chi connectivity index (χ1v) is 3.78. The number of esters is 1. The van der Waals surface area contributed by atoms with Crippen LogP contribution in [0.25, 0.3) is 0 Å². The third kappa shape index (κ3) is 3.86. The van der Waals surface area contributed by atoms with Crippen molar-refractivity contribution in [1.29, 1.82) is 0 Å². The number of methoxy groups -OCH3 is 1. The molecule has 0 fully saturated rings. The minimum absolute atomic E-state index is 0.236. The maximum absolute atomic E-state index is 11.0.